The van der Waals surface area contributed by atoms with Gasteiger partial charge in [0.15, 0.2) is 0 Å². The van der Waals surface area contributed by atoms with Crippen molar-refractivity contribution in [3.05, 3.63) is 53.6 Å². The Labute approximate surface area is 214 Å². The van der Waals surface area contributed by atoms with Crippen LogP contribution in [-0.4, -0.2) is 67.0 Å². The highest BCUT2D eigenvalue weighted by Gasteiger charge is 2.31. The number of thioether (sulfide) groups is 1. The van der Waals surface area contributed by atoms with E-state index < -0.39 is 16.1 Å². The summed E-state index contributed by atoms with van der Waals surface area (Å²) in [5.74, 6) is -0.437. The lowest BCUT2D eigenvalue weighted by molar-refractivity contribution is -0.118. The van der Waals surface area contributed by atoms with Gasteiger partial charge >= 0.3 is 0 Å². The monoisotopic (exact) mass is 534 g/mol. The molecule has 0 radical (unpaired) electrons. The van der Waals surface area contributed by atoms with Crippen LogP contribution in [0.2, 0.25) is 0 Å². The van der Waals surface area contributed by atoms with Crippen molar-refractivity contribution >= 4 is 44.3 Å². The molecule has 194 valence electrons. The summed E-state index contributed by atoms with van der Waals surface area (Å²) in [6.45, 7) is 2.01. The van der Waals surface area contributed by atoms with Crippen LogP contribution in [0.4, 0.5) is 16.2 Å². The summed E-state index contributed by atoms with van der Waals surface area (Å²) in [4.78, 5) is 25.4. The van der Waals surface area contributed by atoms with E-state index in [0.717, 1.165) is 55.2 Å². The Balaban J connectivity index is 1.24. The Morgan fingerprint density at radius 2 is 1.83 bits per heavy atom. The predicted molar refractivity (Wildman–Crippen MR) is 140 cm³/mol. The fraction of sp³-hybridized carbons (Fsp3) is 0.417. The van der Waals surface area contributed by atoms with Crippen LogP contribution in [0.25, 0.3) is 0 Å². The molecule has 0 bridgehead atoms. The Hall–Kier alpha value is -2.80. The van der Waals surface area contributed by atoms with Crippen molar-refractivity contribution in [3.63, 3.8) is 0 Å². The molecule has 2 aliphatic rings. The van der Waals surface area contributed by atoms with Crippen LogP contribution in [0.1, 0.15) is 30.1 Å². The van der Waals surface area contributed by atoms with Crippen LogP contribution >= 0.6 is 11.8 Å². The van der Waals surface area contributed by atoms with E-state index in [1.165, 1.54) is 12.1 Å². The lowest BCUT2D eigenvalue weighted by atomic mass is 10.0. The van der Waals surface area contributed by atoms with Crippen molar-refractivity contribution in [1.82, 2.24) is 10.6 Å². The molecule has 12 heteroatoms. The van der Waals surface area contributed by atoms with E-state index in [2.05, 4.69) is 20.3 Å². The maximum absolute atomic E-state index is 11.8. The molecule has 2 aromatic carbocycles. The van der Waals surface area contributed by atoms with Gasteiger partial charge < -0.3 is 20.4 Å². The second-order valence-electron chi connectivity index (χ2n) is 9.09. The minimum absolute atomic E-state index is 0.0344. The highest BCUT2D eigenvalue weighted by molar-refractivity contribution is 8.15. The lowest BCUT2D eigenvalue weighted by Gasteiger charge is -2.34. The number of carbonyl (C=O) groups excluding carboxylic acids is 2. The number of phenols is 1. The number of aliphatic hydroxyl groups excluding tert-OH is 1. The van der Waals surface area contributed by atoms with Gasteiger partial charge in [0.1, 0.15) is 5.75 Å². The van der Waals surface area contributed by atoms with Gasteiger partial charge in [-0.1, -0.05) is 30.0 Å². The summed E-state index contributed by atoms with van der Waals surface area (Å²) in [6.07, 6.45) is 2.45. The number of hydrogen-bond donors (Lipinski definition) is 5. The number of nitrogens with one attached hydrogen (secondary N) is 3. The summed E-state index contributed by atoms with van der Waals surface area (Å²) in [5.41, 5.74) is 2.65. The summed E-state index contributed by atoms with van der Waals surface area (Å²) < 4.78 is 25.2. The number of sulfonamides is 1. The van der Waals surface area contributed by atoms with Crippen molar-refractivity contribution in [1.29, 1.82) is 0 Å². The number of aliphatic hydroxyl groups is 1. The van der Waals surface area contributed by atoms with Crippen molar-refractivity contribution in [2.75, 3.05) is 35.5 Å². The molecule has 2 aliphatic heterocycles. The molecule has 2 fully saturated rings. The lowest BCUT2D eigenvalue weighted by Crippen LogP contribution is -2.43. The van der Waals surface area contributed by atoms with Crippen LogP contribution in [-0.2, 0) is 21.2 Å². The molecule has 4 rings (SSSR count). The first-order valence-corrected chi connectivity index (χ1v) is 14.4. The van der Waals surface area contributed by atoms with E-state index in [0.29, 0.717) is 18.5 Å². The molecule has 5 N–H and O–H groups in total. The zero-order valence-electron chi connectivity index (χ0n) is 19.8. The van der Waals surface area contributed by atoms with Crippen LogP contribution in [0.15, 0.2) is 42.5 Å². The van der Waals surface area contributed by atoms with Crippen molar-refractivity contribution in [2.45, 2.75) is 36.7 Å². The molecule has 2 saturated heterocycles. The number of benzene rings is 2. The first kappa shape index (κ1) is 26.3. The zero-order chi connectivity index (χ0) is 25.9. The number of imide groups is 1. The third-order valence-corrected chi connectivity index (χ3v) is 7.86. The molecule has 36 heavy (non-hydrogen) atoms. The van der Waals surface area contributed by atoms with Crippen LogP contribution in [0, 0.1) is 0 Å². The number of amides is 2. The van der Waals surface area contributed by atoms with E-state index in [-0.39, 0.29) is 33.9 Å². The van der Waals surface area contributed by atoms with Gasteiger partial charge in [-0.05, 0) is 54.7 Å². The van der Waals surface area contributed by atoms with Gasteiger partial charge in [0.25, 0.3) is 5.24 Å². The third kappa shape index (κ3) is 6.90. The Morgan fingerprint density at radius 3 is 2.44 bits per heavy atom. The number of nitrogens with zero attached hydrogens (tertiary/aromatic N) is 1. The number of rotatable bonds is 9. The van der Waals surface area contributed by atoms with Crippen LogP contribution in [0.5, 0.6) is 5.75 Å². The molecule has 2 amide bonds. The maximum atomic E-state index is 11.8. The highest BCUT2D eigenvalue weighted by atomic mass is 32.2. The highest BCUT2D eigenvalue weighted by Crippen LogP contribution is 2.28. The topological polar surface area (TPSA) is 148 Å². The fourth-order valence-corrected chi connectivity index (χ4v) is 5.79. The van der Waals surface area contributed by atoms with Gasteiger partial charge in [-0.3, -0.25) is 19.6 Å². The number of phenolic OH excluding ortho intramolecular Hbond substituents is 1. The van der Waals surface area contributed by atoms with Gasteiger partial charge in [0.2, 0.25) is 15.9 Å². The zero-order valence-corrected chi connectivity index (χ0v) is 21.4. The number of hydrogen-bond acceptors (Lipinski definition) is 9. The van der Waals surface area contributed by atoms with E-state index in [9.17, 15) is 28.2 Å². The quantitative estimate of drug-likeness (QED) is 0.304. The smallest absolute Gasteiger partial charge is 0.286 e. The molecular formula is C24H30N4O6S2. The van der Waals surface area contributed by atoms with E-state index >= 15 is 0 Å². The molecule has 2 heterocycles. The van der Waals surface area contributed by atoms with E-state index in [1.807, 2.05) is 24.3 Å². The summed E-state index contributed by atoms with van der Waals surface area (Å²) >= 11 is 1.04. The second kappa shape index (κ2) is 11.1. The molecule has 2 aromatic rings. The van der Waals surface area contributed by atoms with Gasteiger partial charge in [0.05, 0.1) is 23.3 Å². The molecule has 0 aromatic heterocycles. The average molecular weight is 535 g/mol. The molecule has 0 aliphatic carbocycles. The first-order valence-electron chi connectivity index (χ1n) is 11.6. The van der Waals surface area contributed by atoms with Crippen molar-refractivity contribution in [2.24, 2.45) is 0 Å². The molecule has 2 atom stereocenters. The normalized spacial score (nSPS) is 19.8. The van der Waals surface area contributed by atoms with Gasteiger partial charge in [0, 0.05) is 31.4 Å². The van der Waals surface area contributed by atoms with Crippen molar-refractivity contribution < 1.29 is 28.2 Å². The predicted octanol–water partition coefficient (Wildman–Crippen LogP) is 1.95. The SMILES string of the molecule is CS(=O)(=O)Nc1cc(C(O)CNC2CCN(c3ccc(CC4SC(=O)NC4=O)cc3)CC2)ccc1O. The van der Waals surface area contributed by atoms with Gasteiger partial charge in [-0.25, -0.2) is 8.42 Å². The summed E-state index contributed by atoms with van der Waals surface area (Å²) in [6, 6.07) is 12.7. The Bertz CT molecular complexity index is 1210. The molecule has 2 unspecified atom stereocenters. The minimum Gasteiger partial charge on any atom is -0.506 e. The Morgan fingerprint density at radius 1 is 1.14 bits per heavy atom. The van der Waals surface area contributed by atoms with Crippen LogP contribution < -0.4 is 20.3 Å². The fourth-order valence-electron chi connectivity index (χ4n) is 4.36. The van der Waals surface area contributed by atoms with Crippen LogP contribution in [0.3, 0.4) is 0 Å². The number of carbonyl (C=O) groups is 2. The maximum Gasteiger partial charge on any atom is 0.286 e. The van der Waals surface area contributed by atoms with E-state index in [4.69, 9.17) is 0 Å². The standard InChI is InChI=1S/C24H30N4O6S2/c1-36(33,34)27-19-13-16(4-7-20(19)29)21(30)14-25-17-8-10-28(11-9-17)18-5-2-15(3-6-18)12-22-23(31)26-24(32)35-22/h2-7,13,17,21-22,25,27,29-30H,8-12,14H2,1H3,(H,26,31,32). The Kier molecular flexibility index (Phi) is 8.08. The summed E-state index contributed by atoms with van der Waals surface area (Å²) in [5, 5.41) is 25.5. The molecule has 0 saturated carbocycles. The third-order valence-electron chi connectivity index (χ3n) is 6.29. The number of piperidine rings is 1. The number of aromatic hydroxyl groups is 1. The second-order valence-corrected chi connectivity index (χ2v) is 12.0. The van der Waals surface area contributed by atoms with E-state index in [1.54, 1.807) is 6.07 Å². The largest absolute Gasteiger partial charge is 0.506 e. The minimum atomic E-state index is -3.55. The number of anilines is 2. The molecular weight excluding hydrogens is 504 g/mol. The molecule has 0 spiro atoms. The van der Waals surface area contributed by atoms with Gasteiger partial charge in [-0.2, -0.15) is 0 Å². The average Bonchev–Trinajstić information content (AvgIpc) is 3.15. The summed E-state index contributed by atoms with van der Waals surface area (Å²) in [7, 11) is -3.55. The van der Waals surface area contributed by atoms with Crippen molar-refractivity contribution in [3.8, 4) is 5.75 Å². The first-order chi connectivity index (χ1) is 17.1. The molecule has 10 nitrogen and oxygen atoms in total. The van der Waals surface area contributed by atoms with Gasteiger partial charge in [-0.15, -0.1) is 0 Å².